The number of nitrogens with zero attached hydrogens (tertiary/aromatic N) is 2. The van der Waals surface area contributed by atoms with Crippen LogP contribution in [0.5, 0.6) is 0 Å². The number of hydrogen-bond donors (Lipinski definition) is 0. The van der Waals surface area contributed by atoms with E-state index in [0.717, 1.165) is 10.5 Å². The van der Waals surface area contributed by atoms with E-state index in [1.165, 1.54) is 6.92 Å². The minimum Gasteiger partial charge on any atom is -0.462 e. The average Bonchev–Trinajstić information content (AvgIpc) is 2.96. The fourth-order valence-electron chi connectivity index (χ4n) is 3.07. The van der Waals surface area contributed by atoms with Crippen molar-refractivity contribution in [3.8, 4) is 0 Å². The Morgan fingerprint density at radius 1 is 1.29 bits per heavy atom. The second-order valence-electron chi connectivity index (χ2n) is 5.31. The van der Waals surface area contributed by atoms with Crippen LogP contribution in [0.1, 0.15) is 25.5 Å². The molecule has 2 heterocycles. The Bertz CT molecular complexity index is 601. The van der Waals surface area contributed by atoms with Gasteiger partial charge in [0.1, 0.15) is 12.6 Å². The summed E-state index contributed by atoms with van der Waals surface area (Å²) in [6.07, 6.45) is 0. The van der Waals surface area contributed by atoms with Crippen molar-refractivity contribution < 1.29 is 19.1 Å². The average molecular weight is 288 g/mol. The first-order valence-corrected chi connectivity index (χ1v) is 6.86. The van der Waals surface area contributed by atoms with E-state index in [0.29, 0.717) is 0 Å². The SMILES string of the molecule is CC(=O)N1C(=O)N([C@H](C)c2ccccc2)[C@H]2COC(=O)[C@H]21. The van der Waals surface area contributed by atoms with E-state index < -0.39 is 30.0 Å². The molecule has 1 aromatic rings. The zero-order valence-electron chi connectivity index (χ0n) is 11.9. The smallest absolute Gasteiger partial charge is 0.331 e. The molecule has 3 rings (SSSR count). The maximum atomic E-state index is 12.5. The van der Waals surface area contributed by atoms with E-state index in [1.54, 1.807) is 4.90 Å². The van der Waals surface area contributed by atoms with Gasteiger partial charge in [-0.25, -0.2) is 14.5 Å². The largest absolute Gasteiger partial charge is 0.462 e. The van der Waals surface area contributed by atoms with E-state index in [1.807, 2.05) is 37.3 Å². The third-order valence-corrected chi connectivity index (χ3v) is 4.10. The van der Waals surface area contributed by atoms with Gasteiger partial charge in [-0.3, -0.25) is 4.79 Å². The molecule has 3 amide bonds. The second-order valence-corrected chi connectivity index (χ2v) is 5.31. The highest BCUT2D eigenvalue weighted by molar-refractivity contribution is 6.02. The van der Waals surface area contributed by atoms with E-state index in [9.17, 15) is 14.4 Å². The second kappa shape index (κ2) is 4.87. The molecule has 3 atom stereocenters. The Hall–Kier alpha value is -2.37. The lowest BCUT2D eigenvalue weighted by molar-refractivity contribution is -0.145. The van der Waals surface area contributed by atoms with Crippen LogP contribution in [0.2, 0.25) is 0 Å². The van der Waals surface area contributed by atoms with Crippen LogP contribution in [0.25, 0.3) is 0 Å². The van der Waals surface area contributed by atoms with Gasteiger partial charge >= 0.3 is 12.0 Å². The molecule has 2 saturated heterocycles. The summed E-state index contributed by atoms with van der Waals surface area (Å²) >= 11 is 0. The summed E-state index contributed by atoms with van der Waals surface area (Å²) in [6, 6.07) is 7.63. The van der Waals surface area contributed by atoms with Gasteiger partial charge in [0.05, 0.1) is 6.04 Å². The highest BCUT2D eigenvalue weighted by Crippen LogP contribution is 2.35. The fraction of sp³-hybridized carbons (Fsp3) is 0.400. The number of carbonyl (C=O) groups is 3. The number of cyclic esters (lactones) is 1. The minimum atomic E-state index is -0.818. The monoisotopic (exact) mass is 288 g/mol. The van der Waals surface area contributed by atoms with Crippen LogP contribution in [0, 0.1) is 0 Å². The summed E-state index contributed by atoms with van der Waals surface area (Å²) in [5.41, 5.74) is 0.953. The maximum absolute atomic E-state index is 12.5. The molecule has 21 heavy (non-hydrogen) atoms. The van der Waals surface area contributed by atoms with Crippen molar-refractivity contribution in [1.29, 1.82) is 0 Å². The molecule has 0 aromatic heterocycles. The molecule has 6 heteroatoms. The number of fused-ring (bicyclic) bond motifs is 1. The van der Waals surface area contributed by atoms with Crippen LogP contribution in [0.4, 0.5) is 4.79 Å². The number of rotatable bonds is 2. The standard InChI is InChI=1S/C15H16N2O4/c1-9(11-6-4-3-5-7-11)16-12-8-21-14(19)13(12)17(10(2)18)15(16)20/h3-7,9,12-13H,8H2,1-2H3/t9-,12+,13+/m1/s1. The van der Waals surface area contributed by atoms with E-state index in [-0.39, 0.29) is 12.6 Å². The van der Waals surface area contributed by atoms with Gasteiger partial charge in [0.25, 0.3) is 0 Å². The van der Waals surface area contributed by atoms with Gasteiger partial charge < -0.3 is 9.64 Å². The van der Waals surface area contributed by atoms with Crippen molar-refractivity contribution in [3.05, 3.63) is 35.9 Å². The van der Waals surface area contributed by atoms with Gasteiger partial charge in [0.2, 0.25) is 5.91 Å². The molecule has 2 aliphatic heterocycles. The number of benzene rings is 1. The first-order chi connectivity index (χ1) is 10.0. The van der Waals surface area contributed by atoms with Crippen molar-refractivity contribution in [3.63, 3.8) is 0 Å². The van der Waals surface area contributed by atoms with Gasteiger partial charge in [-0.1, -0.05) is 30.3 Å². The van der Waals surface area contributed by atoms with Gasteiger partial charge in [-0.05, 0) is 12.5 Å². The number of carbonyl (C=O) groups excluding carboxylic acids is 3. The number of imide groups is 1. The predicted molar refractivity (Wildman–Crippen MR) is 73.1 cm³/mol. The quantitative estimate of drug-likeness (QED) is 0.770. The molecule has 0 saturated carbocycles. The molecule has 0 radical (unpaired) electrons. The topological polar surface area (TPSA) is 66.9 Å². The third-order valence-electron chi connectivity index (χ3n) is 4.10. The van der Waals surface area contributed by atoms with Gasteiger partial charge in [-0.2, -0.15) is 0 Å². The molecule has 2 aliphatic rings. The van der Waals surface area contributed by atoms with Gasteiger partial charge in [-0.15, -0.1) is 0 Å². The number of hydrogen-bond acceptors (Lipinski definition) is 4. The fourth-order valence-corrected chi connectivity index (χ4v) is 3.07. The zero-order chi connectivity index (χ0) is 15.1. The summed E-state index contributed by atoms with van der Waals surface area (Å²) < 4.78 is 5.04. The number of amides is 3. The molecule has 0 bridgehead atoms. The lowest BCUT2D eigenvalue weighted by Crippen LogP contribution is -2.42. The summed E-state index contributed by atoms with van der Waals surface area (Å²) in [5.74, 6) is -0.942. The summed E-state index contributed by atoms with van der Waals surface area (Å²) in [4.78, 5) is 38.7. The van der Waals surface area contributed by atoms with Crippen LogP contribution >= 0.6 is 0 Å². The number of ether oxygens (including phenoxy) is 1. The van der Waals surface area contributed by atoms with E-state index >= 15 is 0 Å². The number of esters is 1. The molecule has 6 nitrogen and oxygen atoms in total. The van der Waals surface area contributed by atoms with E-state index in [4.69, 9.17) is 4.74 Å². The molecule has 0 spiro atoms. The number of urea groups is 1. The van der Waals surface area contributed by atoms with Crippen molar-refractivity contribution in [2.75, 3.05) is 6.61 Å². The van der Waals surface area contributed by atoms with Gasteiger partial charge in [0.15, 0.2) is 6.04 Å². The van der Waals surface area contributed by atoms with Crippen molar-refractivity contribution in [1.82, 2.24) is 9.80 Å². The van der Waals surface area contributed by atoms with Gasteiger partial charge in [0, 0.05) is 6.92 Å². The van der Waals surface area contributed by atoms with E-state index in [2.05, 4.69) is 0 Å². The molecule has 110 valence electrons. The molecule has 0 N–H and O–H groups in total. The lowest BCUT2D eigenvalue weighted by atomic mass is 10.0. The molecule has 2 fully saturated rings. The third kappa shape index (κ3) is 1.98. The highest BCUT2D eigenvalue weighted by Gasteiger charge is 2.57. The summed E-state index contributed by atoms with van der Waals surface area (Å²) in [5, 5.41) is 0. The van der Waals surface area contributed by atoms with Crippen LogP contribution in [0.15, 0.2) is 30.3 Å². The van der Waals surface area contributed by atoms with Crippen molar-refractivity contribution in [2.24, 2.45) is 0 Å². The zero-order valence-corrected chi connectivity index (χ0v) is 11.9. The molecular formula is C15H16N2O4. The molecular weight excluding hydrogens is 272 g/mol. The van der Waals surface area contributed by atoms with Crippen molar-refractivity contribution in [2.45, 2.75) is 32.0 Å². The predicted octanol–water partition coefficient (Wildman–Crippen LogP) is 1.33. The first-order valence-electron chi connectivity index (χ1n) is 6.86. The Labute approximate surface area is 122 Å². The molecule has 0 unspecified atom stereocenters. The first kappa shape index (κ1) is 13.6. The van der Waals surface area contributed by atoms with Crippen LogP contribution in [0.3, 0.4) is 0 Å². The Morgan fingerprint density at radius 2 is 1.95 bits per heavy atom. The highest BCUT2D eigenvalue weighted by atomic mass is 16.5. The van der Waals surface area contributed by atoms with Crippen molar-refractivity contribution >= 4 is 17.9 Å². The summed E-state index contributed by atoms with van der Waals surface area (Å²) in [6.45, 7) is 3.31. The van der Waals surface area contributed by atoms with Crippen LogP contribution in [-0.2, 0) is 14.3 Å². The van der Waals surface area contributed by atoms with Crippen LogP contribution in [-0.4, -0.2) is 46.4 Å². The Morgan fingerprint density at radius 3 is 2.57 bits per heavy atom. The Kier molecular flexibility index (Phi) is 3.16. The Balaban J connectivity index is 1.97. The molecule has 0 aliphatic carbocycles. The summed E-state index contributed by atoms with van der Waals surface area (Å²) in [7, 11) is 0. The van der Waals surface area contributed by atoms with Crippen LogP contribution < -0.4 is 0 Å². The minimum absolute atomic E-state index is 0.135. The lowest BCUT2D eigenvalue weighted by Gasteiger charge is -2.28. The molecule has 1 aromatic carbocycles. The normalized spacial score (nSPS) is 25.8. The maximum Gasteiger partial charge on any atom is 0.331 e.